The summed E-state index contributed by atoms with van der Waals surface area (Å²) in [7, 11) is 0. The van der Waals surface area contributed by atoms with E-state index in [0.717, 1.165) is 0 Å². The third-order valence-electron chi connectivity index (χ3n) is 3.54. The number of rotatable bonds is 9. The van der Waals surface area contributed by atoms with Gasteiger partial charge in [-0.3, -0.25) is 15.1 Å². The van der Waals surface area contributed by atoms with Gasteiger partial charge in [-0.25, -0.2) is 0 Å². The maximum Gasteiger partial charge on any atom is 0.293 e. The SMILES string of the molecule is CCOc1cc(Cl)cc(C=NCCCNc2ccc(Cl)cc2[N+](=O)[O-])c1O. The third kappa shape index (κ3) is 6.01. The molecule has 0 saturated heterocycles. The van der Waals surface area contributed by atoms with Gasteiger partial charge < -0.3 is 15.2 Å². The first-order valence-corrected chi connectivity index (χ1v) is 9.01. The van der Waals surface area contributed by atoms with Gasteiger partial charge >= 0.3 is 0 Å². The van der Waals surface area contributed by atoms with Crippen LogP contribution in [-0.4, -0.2) is 35.9 Å². The van der Waals surface area contributed by atoms with Crippen molar-refractivity contribution in [2.45, 2.75) is 13.3 Å². The average molecular weight is 412 g/mol. The first kappa shape index (κ1) is 20.8. The van der Waals surface area contributed by atoms with E-state index in [0.29, 0.717) is 53.2 Å². The number of nitro groups is 1. The summed E-state index contributed by atoms with van der Waals surface area (Å²) in [4.78, 5) is 14.8. The minimum Gasteiger partial charge on any atom is -0.504 e. The van der Waals surface area contributed by atoms with Crippen LogP contribution in [0.25, 0.3) is 0 Å². The molecule has 0 amide bonds. The Morgan fingerprint density at radius 1 is 1.30 bits per heavy atom. The molecule has 0 radical (unpaired) electrons. The average Bonchev–Trinajstić information content (AvgIpc) is 2.62. The predicted octanol–water partition coefficient (Wildman–Crippen LogP) is 4.93. The van der Waals surface area contributed by atoms with Gasteiger partial charge in [0.15, 0.2) is 11.5 Å². The number of aromatic hydroxyl groups is 1. The second kappa shape index (κ2) is 9.99. The van der Waals surface area contributed by atoms with Crippen LogP contribution in [0.2, 0.25) is 10.0 Å². The summed E-state index contributed by atoms with van der Waals surface area (Å²) in [5.41, 5.74) is 0.799. The molecule has 0 bridgehead atoms. The summed E-state index contributed by atoms with van der Waals surface area (Å²) >= 11 is 11.8. The molecule has 0 aliphatic heterocycles. The molecule has 144 valence electrons. The van der Waals surface area contributed by atoms with Crippen LogP contribution in [0.5, 0.6) is 11.5 Å². The Morgan fingerprint density at radius 3 is 2.78 bits per heavy atom. The first-order valence-electron chi connectivity index (χ1n) is 8.25. The molecule has 2 rings (SSSR count). The molecule has 2 aromatic rings. The highest BCUT2D eigenvalue weighted by Crippen LogP contribution is 2.32. The fourth-order valence-corrected chi connectivity index (χ4v) is 2.70. The lowest BCUT2D eigenvalue weighted by Crippen LogP contribution is -2.05. The number of ether oxygens (including phenoxy) is 1. The molecule has 7 nitrogen and oxygen atoms in total. The summed E-state index contributed by atoms with van der Waals surface area (Å²) < 4.78 is 5.32. The Morgan fingerprint density at radius 2 is 2.07 bits per heavy atom. The minimum absolute atomic E-state index is 0.0140. The molecule has 27 heavy (non-hydrogen) atoms. The number of phenolic OH excluding ortho intramolecular Hbond substituents is 1. The van der Waals surface area contributed by atoms with E-state index in [9.17, 15) is 15.2 Å². The quantitative estimate of drug-likeness (QED) is 0.264. The molecule has 9 heteroatoms. The number of phenols is 1. The molecule has 2 N–H and O–H groups in total. The lowest BCUT2D eigenvalue weighted by atomic mass is 10.2. The molecule has 0 aliphatic rings. The second-order valence-corrected chi connectivity index (χ2v) is 6.38. The zero-order chi connectivity index (χ0) is 19.8. The molecular formula is C18H19Cl2N3O4. The monoisotopic (exact) mass is 411 g/mol. The third-order valence-corrected chi connectivity index (χ3v) is 3.99. The fourth-order valence-electron chi connectivity index (χ4n) is 2.32. The number of hydrogen-bond donors (Lipinski definition) is 2. The van der Waals surface area contributed by atoms with E-state index < -0.39 is 4.92 Å². The van der Waals surface area contributed by atoms with Crippen molar-refractivity contribution in [2.75, 3.05) is 25.0 Å². The van der Waals surface area contributed by atoms with Crippen molar-refractivity contribution < 1.29 is 14.8 Å². The summed E-state index contributed by atoms with van der Waals surface area (Å²) in [6.07, 6.45) is 2.16. The largest absolute Gasteiger partial charge is 0.504 e. The molecular weight excluding hydrogens is 393 g/mol. The van der Waals surface area contributed by atoms with Crippen molar-refractivity contribution in [1.82, 2.24) is 0 Å². The van der Waals surface area contributed by atoms with Crippen LogP contribution >= 0.6 is 23.2 Å². The van der Waals surface area contributed by atoms with Crippen LogP contribution in [0.15, 0.2) is 35.3 Å². The van der Waals surface area contributed by atoms with E-state index in [1.807, 2.05) is 6.92 Å². The second-order valence-electron chi connectivity index (χ2n) is 5.51. The number of anilines is 1. The van der Waals surface area contributed by atoms with Crippen LogP contribution in [0.1, 0.15) is 18.9 Å². The van der Waals surface area contributed by atoms with E-state index in [2.05, 4.69) is 10.3 Å². The van der Waals surface area contributed by atoms with Gasteiger partial charge in [0.25, 0.3) is 5.69 Å². The van der Waals surface area contributed by atoms with Gasteiger partial charge in [-0.15, -0.1) is 0 Å². The number of halogens is 2. The van der Waals surface area contributed by atoms with E-state index in [4.69, 9.17) is 27.9 Å². The van der Waals surface area contributed by atoms with Gasteiger partial charge in [0.05, 0.1) is 11.5 Å². The van der Waals surface area contributed by atoms with E-state index in [1.165, 1.54) is 12.3 Å². The van der Waals surface area contributed by atoms with Crippen LogP contribution in [0.4, 0.5) is 11.4 Å². The number of nitrogens with zero attached hydrogens (tertiary/aromatic N) is 2. The number of benzene rings is 2. The topological polar surface area (TPSA) is 97.0 Å². The summed E-state index contributed by atoms with van der Waals surface area (Å²) in [5.74, 6) is 0.295. The molecule has 0 atom stereocenters. The van der Waals surface area contributed by atoms with Gasteiger partial charge in [-0.05, 0) is 31.5 Å². The minimum atomic E-state index is -0.482. The molecule has 0 spiro atoms. The van der Waals surface area contributed by atoms with Gasteiger partial charge in [0.2, 0.25) is 0 Å². The maximum absolute atomic E-state index is 11.0. The molecule has 0 unspecified atom stereocenters. The standard InChI is InChI=1S/C18H19Cl2N3O4/c1-2-27-17-10-14(20)8-12(18(17)24)11-21-6-3-7-22-15-5-4-13(19)9-16(15)23(25)26/h4-5,8-11,22,24H,2-3,6-7H2,1H3. The molecule has 2 aromatic carbocycles. The fraction of sp³-hybridized carbons (Fsp3) is 0.278. The number of aliphatic imine (C=N–C) groups is 1. The highest BCUT2D eigenvalue weighted by atomic mass is 35.5. The van der Waals surface area contributed by atoms with Crippen LogP contribution in [0, 0.1) is 10.1 Å². The molecule has 0 fully saturated rings. The molecule has 0 saturated carbocycles. The van der Waals surface area contributed by atoms with Crippen molar-refractivity contribution in [3.05, 3.63) is 56.1 Å². The van der Waals surface area contributed by atoms with E-state index in [1.54, 1.807) is 24.3 Å². The van der Waals surface area contributed by atoms with Crippen LogP contribution < -0.4 is 10.1 Å². The highest BCUT2D eigenvalue weighted by Gasteiger charge is 2.13. The number of hydrogen-bond acceptors (Lipinski definition) is 6. The summed E-state index contributed by atoms with van der Waals surface area (Å²) in [6.45, 7) is 3.18. The van der Waals surface area contributed by atoms with Crippen molar-refractivity contribution in [2.24, 2.45) is 4.99 Å². The van der Waals surface area contributed by atoms with Crippen molar-refractivity contribution >= 4 is 40.8 Å². The number of nitrogens with one attached hydrogen (secondary N) is 1. The Balaban J connectivity index is 1.90. The normalized spacial score (nSPS) is 10.9. The smallest absolute Gasteiger partial charge is 0.293 e. The van der Waals surface area contributed by atoms with Gasteiger partial charge in [-0.2, -0.15) is 0 Å². The zero-order valence-electron chi connectivity index (χ0n) is 14.6. The maximum atomic E-state index is 11.0. The van der Waals surface area contributed by atoms with Gasteiger partial charge in [0.1, 0.15) is 5.69 Å². The lowest BCUT2D eigenvalue weighted by Gasteiger charge is -2.08. The molecule has 0 aliphatic carbocycles. The Hall–Kier alpha value is -2.51. The van der Waals surface area contributed by atoms with E-state index in [-0.39, 0.29) is 11.4 Å². The van der Waals surface area contributed by atoms with Crippen molar-refractivity contribution in [3.8, 4) is 11.5 Å². The summed E-state index contributed by atoms with van der Waals surface area (Å²) in [6, 6.07) is 7.61. The van der Waals surface area contributed by atoms with Crippen molar-refractivity contribution in [1.29, 1.82) is 0 Å². The Labute approximate surface area is 166 Å². The number of nitro benzene ring substituents is 1. The summed E-state index contributed by atoms with van der Waals surface area (Å²) in [5, 5.41) is 24.9. The van der Waals surface area contributed by atoms with Crippen molar-refractivity contribution in [3.63, 3.8) is 0 Å². The van der Waals surface area contributed by atoms with E-state index >= 15 is 0 Å². The Kier molecular flexibility index (Phi) is 7.69. The zero-order valence-corrected chi connectivity index (χ0v) is 16.1. The molecule has 0 heterocycles. The van der Waals surface area contributed by atoms with Gasteiger partial charge in [-0.1, -0.05) is 23.2 Å². The van der Waals surface area contributed by atoms with Crippen LogP contribution in [0.3, 0.4) is 0 Å². The predicted molar refractivity (Wildman–Crippen MR) is 108 cm³/mol. The van der Waals surface area contributed by atoms with Gasteiger partial charge in [0, 0.05) is 47.0 Å². The van der Waals surface area contributed by atoms with Crippen LogP contribution in [-0.2, 0) is 0 Å². The Bertz CT molecular complexity index is 844. The lowest BCUT2D eigenvalue weighted by molar-refractivity contribution is -0.383. The highest BCUT2D eigenvalue weighted by molar-refractivity contribution is 6.31. The molecule has 0 aromatic heterocycles. The first-order chi connectivity index (χ1) is 12.9.